The minimum atomic E-state index is -0.446. The van der Waals surface area contributed by atoms with E-state index in [2.05, 4.69) is 364 Å². The Labute approximate surface area is 492 Å². The van der Waals surface area contributed by atoms with Gasteiger partial charge in [-0.3, -0.25) is 0 Å². The molecule has 0 spiro atoms. The van der Waals surface area contributed by atoms with E-state index < -0.39 is 31.7 Å². The van der Waals surface area contributed by atoms with Gasteiger partial charge in [0, 0.05) is 13.2 Å². The Morgan fingerprint density at radius 2 is 0.280 bits per heavy atom. The highest BCUT2D eigenvalue weighted by Crippen LogP contribution is 2.35. The maximum Gasteiger partial charge on any atom is 0.487 e. The van der Waals surface area contributed by atoms with E-state index in [0.29, 0.717) is 0 Å². The number of hydrogen-bond donors (Lipinski definition) is 0. The zero-order chi connectivity index (χ0) is 55.9. The standard InChI is InChI=1S/4C18H15P.C3H6BO2/c4*1-4-10-16(11-5-1)19(17-12-6-2-7-13-17)18-14-8-3-9-15-18;1-2-5-4-6-3-1/h4*1-15H;1-3H2. The van der Waals surface area contributed by atoms with Crippen molar-refractivity contribution >= 4 is 103 Å². The van der Waals surface area contributed by atoms with E-state index in [-0.39, 0.29) is 0 Å². The fourth-order valence-corrected chi connectivity index (χ4v) is 18.3. The molecule has 401 valence electrons. The third-order valence-electron chi connectivity index (χ3n) is 12.8. The molecular weight excluding hydrogens is 1070 g/mol. The number of rotatable bonds is 12. The van der Waals surface area contributed by atoms with E-state index in [1.165, 1.54) is 71.3 Å². The molecule has 1 aliphatic rings. The number of benzene rings is 12. The third kappa shape index (κ3) is 18.2. The minimum absolute atomic E-state index is 0.446. The molecule has 1 saturated heterocycles. The summed E-state index contributed by atoms with van der Waals surface area (Å²) in [6.07, 6.45) is 1.02. The maximum atomic E-state index is 4.72. The van der Waals surface area contributed by atoms with Crippen LogP contribution < -0.4 is 63.7 Å². The molecular formula is C75H66BO2P4. The molecule has 0 amide bonds. The van der Waals surface area contributed by atoms with Crippen LogP contribution in [0.25, 0.3) is 0 Å². The second kappa shape index (κ2) is 33.9. The van der Waals surface area contributed by atoms with Gasteiger partial charge in [0.25, 0.3) is 0 Å². The second-order valence-electron chi connectivity index (χ2n) is 18.6. The summed E-state index contributed by atoms with van der Waals surface area (Å²) < 4.78 is 9.44. The summed E-state index contributed by atoms with van der Waals surface area (Å²) in [6, 6.07) is 129. The summed E-state index contributed by atoms with van der Waals surface area (Å²) in [5, 5.41) is 16.8. The van der Waals surface area contributed by atoms with Crippen LogP contribution in [0.4, 0.5) is 0 Å². The van der Waals surface area contributed by atoms with Gasteiger partial charge in [-0.05, 0) is 102 Å². The van der Waals surface area contributed by atoms with Gasteiger partial charge in [-0.1, -0.05) is 364 Å². The molecule has 12 aromatic carbocycles. The van der Waals surface area contributed by atoms with Crippen LogP contribution in [-0.2, 0) is 9.31 Å². The first-order valence-electron chi connectivity index (χ1n) is 27.7. The highest BCUT2D eigenvalue weighted by molar-refractivity contribution is 7.81. The van der Waals surface area contributed by atoms with Gasteiger partial charge in [0.2, 0.25) is 0 Å². The van der Waals surface area contributed by atoms with Gasteiger partial charge in [-0.2, -0.15) is 0 Å². The normalized spacial score (nSPS) is 11.5. The lowest BCUT2D eigenvalue weighted by molar-refractivity contribution is 0.156. The Morgan fingerprint density at radius 3 is 0.354 bits per heavy atom. The maximum absolute atomic E-state index is 4.72. The van der Waals surface area contributed by atoms with Crippen molar-refractivity contribution in [1.82, 2.24) is 0 Å². The van der Waals surface area contributed by atoms with Crippen molar-refractivity contribution in [1.29, 1.82) is 0 Å². The van der Waals surface area contributed by atoms with Crippen LogP contribution >= 0.6 is 31.7 Å². The quantitative estimate of drug-likeness (QED) is 0.0897. The molecule has 12 aromatic rings. The van der Waals surface area contributed by atoms with E-state index in [9.17, 15) is 0 Å². The van der Waals surface area contributed by atoms with E-state index in [1.54, 1.807) is 0 Å². The molecule has 0 bridgehead atoms. The van der Waals surface area contributed by atoms with Crippen molar-refractivity contribution < 1.29 is 9.31 Å². The predicted octanol–water partition coefficient (Wildman–Crippen LogP) is 13.7. The zero-order valence-corrected chi connectivity index (χ0v) is 49.5. The van der Waals surface area contributed by atoms with Crippen molar-refractivity contribution in [2.75, 3.05) is 13.2 Å². The van der Waals surface area contributed by atoms with Crippen LogP contribution in [0, 0.1) is 0 Å². The SMILES string of the molecule is [B]1OCCCO1.c1ccc(P(c2ccccc2)c2ccccc2)cc1.c1ccc(P(c2ccccc2)c2ccccc2)cc1.c1ccc(P(c2ccccc2)c2ccccc2)cc1.c1ccc(P(c2ccccc2)c2ccccc2)cc1. The summed E-state index contributed by atoms with van der Waals surface area (Å²) in [4.78, 5) is 0. The van der Waals surface area contributed by atoms with Crippen molar-refractivity contribution in [2.45, 2.75) is 6.42 Å². The summed E-state index contributed by atoms with van der Waals surface area (Å²) in [5.74, 6) is 0. The van der Waals surface area contributed by atoms with Gasteiger partial charge < -0.3 is 9.31 Å². The van der Waals surface area contributed by atoms with Crippen molar-refractivity contribution in [3.63, 3.8) is 0 Å². The molecule has 0 saturated carbocycles. The minimum Gasteiger partial charge on any atom is -0.413 e. The molecule has 1 radical (unpaired) electrons. The van der Waals surface area contributed by atoms with Gasteiger partial charge in [0.05, 0.1) is 0 Å². The second-order valence-corrected chi connectivity index (χ2v) is 27.4. The van der Waals surface area contributed by atoms with E-state index in [1.807, 2.05) is 0 Å². The van der Waals surface area contributed by atoms with E-state index in [0.717, 1.165) is 19.6 Å². The highest BCUT2D eigenvalue weighted by Gasteiger charge is 2.18. The third-order valence-corrected chi connectivity index (χ3v) is 22.6. The van der Waals surface area contributed by atoms with Crippen LogP contribution in [0.3, 0.4) is 0 Å². The number of hydrogen-bond acceptors (Lipinski definition) is 2. The summed E-state index contributed by atoms with van der Waals surface area (Å²) in [7, 11) is -0.392. The monoisotopic (exact) mass is 1130 g/mol. The highest BCUT2D eigenvalue weighted by atomic mass is 31.1. The molecule has 1 heterocycles. The smallest absolute Gasteiger partial charge is 0.413 e. The van der Waals surface area contributed by atoms with Crippen LogP contribution in [-0.4, -0.2) is 20.9 Å². The van der Waals surface area contributed by atoms with E-state index >= 15 is 0 Å². The molecule has 13 rings (SSSR count). The van der Waals surface area contributed by atoms with Crippen LogP contribution in [0.15, 0.2) is 364 Å². The Bertz CT molecular complexity index is 2690. The molecule has 0 aromatic heterocycles. The van der Waals surface area contributed by atoms with E-state index in [4.69, 9.17) is 9.31 Å². The molecule has 2 nitrogen and oxygen atoms in total. The fraction of sp³-hybridized carbons (Fsp3) is 0.0400. The molecule has 7 heteroatoms. The lowest BCUT2D eigenvalue weighted by Gasteiger charge is -2.18. The fourth-order valence-electron chi connectivity index (χ4n) is 9.08. The van der Waals surface area contributed by atoms with Crippen LogP contribution in [0.2, 0.25) is 0 Å². The lowest BCUT2D eigenvalue weighted by Crippen LogP contribution is -2.20. The Balaban J connectivity index is 0.000000127. The molecule has 82 heavy (non-hydrogen) atoms. The average molecular weight is 1130 g/mol. The van der Waals surface area contributed by atoms with Gasteiger partial charge in [0.1, 0.15) is 0 Å². The predicted molar refractivity (Wildman–Crippen MR) is 363 cm³/mol. The van der Waals surface area contributed by atoms with Gasteiger partial charge in [-0.25, -0.2) is 0 Å². The topological polar surface area (TPSA) is 18.5 Å². The molecule has 0 unspecified atom stereocenters. The molecule has 0 atom stereocenters. The first kappa shape index (κ1) is 59.0. The Morgan fingerprint density at radius 1 is 0.171 bits per heavy atom. The van der Waals surface area contributed by atoms with Crippen molar-refractivity contribution in [3.05, 3.63) is 364 Å². The van der Waals surface area contributed by atoms with Gasteiger partial charge >= 0.3 is 7.69 Å². The Hall–Kier alpha value is -7.66. The van der Waals surface area contributed by atoms with Crippen molar-refractivity contribution in [3.8, 4) is 0 Å². The van der Waals surface area contributed by atoms with Crippen LogP contribution in [0.5, 0.6) is 0 Å². The molecule has 1 fully saturated rings. The van der Waals surface area contributed by atoms with Crippen LogP contribution in [0.1, 0.15) is 6.42 Å². The first-order chi connectivity index (χ1) is 40.8. The molecule has 1 aliphatic heterocycles. The molecule has 0 aliphatic carbocycles. The van der Waals surface area contributed by atoms with Crippen molar-refractivity contribution in [2.24, 2.45) is 0 Å². The summed E-state index contributed by atoms with van der Waals surface area (Å²) in [5.41, 5.74) is 0. The summed E-state index contributed by atoms with van der Waals surface area (Å²) in [6.45, 7) is 1.64. The zero-order valence-electron chi connectivity index (χ0n) is 45.9. The summed E-state index contributed by atoms with van der Waals surface area (Å²) >= 11 is 0. The largest absolute Gasteiger partial charge is 0.487 e. The Kier molecular flexibility index (Phi) is 24.4. The van der Waals surface area contributed by atoms with Gasteiger partial charge in [0.15, 0.2) is 0 Å². The molecule has 0 N–H and O–H groups in total. The lowest BCUT2D eigenvalue weighted by atomic mass is 10.3. The van der Waals surface area contributed by atoms with Gasteiger partial charge in [-0.15, -0.1) is 0 Å². The average Bonchev–Trinajstić information content (AvgIpc) is 3.61. The first-order valence-corrected chi connectivity index (χ1v) is 33.0.